The average molecular weight is 583 g/mol. The van der Waals surface area contributed by atoms with Gasteiger partial charge >= 0.3 is 6.18 Å². The molecule has 6 rings (SSSR count). The van der Waals surface area contributed by atoms with Crippen LogP contribution < -0.4 is 10.2 Å². The Morgan fingerprint density at radius 3 is 2.50 bits per heavy atom. The standard InChI is InChI=1S/C29H33F3N8O2/c30-29(31,32)28-36-22(15-25(37-28)35-21-7-12-38(13-8-21)26-5-10-33-18-34-26)27(42)40-14-9-23(24(41)17-40)39-11-6-19-3-1-2-4-20(19)16-39/h1-5,10,15,18,21,23-24,41H,6-9,11-14,16-17H2,(H,35,36,37)/t23-,24-/m1/s1. The second-order valence-electron chi connectivity index (χ2n) is 11.1. The van der Waals surface area contributed by atoms with E-state index in [2.05, 4.69) is 47.2 Å². The van der Waals surface area contributed by atoms with Crippen molar-refractivity contribution in [1.29, 1.82) is 0 Å². The number of carbonyl (C=O) groups excluding carboxylic acids is 1. The summed E-state index contributed by atoms with van der Waals surface area (Å²) in [5.41, 5.74) is 2.20. The topological polar surface area (TPSA) is 111 Å². The molecule has 2 N–H and O–H groups in total. The normalized spacial score (nSPS) is 22.1. The minimum atomic E-state index is -4.82. The Balaban J connectivity index is 1.12. The summed E-state index contributed by atoms with van der Waals surface area (Å²) in [6.45, 7) is 3.19. The number of alkyl halides is 3. The van der Waals surface area contributed by atoms with E-state index in [0.717, 1.165) is 25.3 Å². The van der Waals surface area contributed by atoms with Crippen molar-refractivity contribution in [2.24, 2.45) is 0 Å². The second kappa shape index (κ2) is 11.8. The van der Waals surface area contributed by atoms with E-state index in [1.807, 2.05) is 18.2 Å². The fourth-order valence-electron chi connectivity index (χ4n) is 6.18. The Hall–Kier alpha value is -3.84. The Morgan fingerprint density at radius 1 is 1.00 bits per heavy atom. The van der Waals surface area contributed by atoms with Gasteiger partial charge in [-0.3, -0.25) is 9.69 Å². The van der Waals surface area contributed by atoms with Gasteiger partial charge in [0, 0.05) is 63.6 Å². The fourth-order valence-corrected chi connectivity index (χ4v) is 6.18. The number of amides is 1. The number of aliphatic hydroxyl groups is 1. The van der Waals surface area contributed by atoms with Crippen LogP contribution in [0.25, 0.3) is 0 Å². The van der Waals surface area contributed by atoms with Gasteiger partial charge in [0.2, 0.25) is 5.82 Å². The molecule has 0 unspecified atom stereocenters. The molecule has 2 saturated heterocycles. The van der Waals surface area contributed by atoms with E-state index >= 15 is 0 Å². The van der Waals surface area contributed by atoms with Crippen molar-refractivity contribution in [2.75, 3.05) is 42.9 Å². The van der Waals surface area contributed by atoms with Gasteiger partial charge in [-0.1, -0.05) is 24.3 Å². The van der Waals surface area contributed by atoms with E-state index in [-0.39, 0.29) is 30.1 Å². The van der Waals surface area contributed by atoms with Crippen LogP contribution in [0.3, 0.4) is 0 Å². The molecule has 5 heterocycles. The third kappa shape index (κ3) is 6.16. The highest BCUT2D eigenvalue weighted by Crippen LogP contribution is 2.30. The van der Waals surface area contributed by atoms with Gasteiger partial charge < -0.3 is 20.2 Å². The molecule has 1 aromatic carbocycles. The van der Waals surface area contributed by atoms with E-state index in [1.165, 1.54) is 28.4 Å². The molecule has 0 radical (unpaired) electrons. The van der Waals surface area contributed by atoms with Gasteiger partial charge in [0.15, 0.2) is 0 Å². The quantitative estimate of drug-likeness (QED) is 0.469. The lowest BCUT2D eigenvalue weighted by atomic mass is 9.94. The monoisotopic (exact) mass is 582 g/mol. The molecule has 3 aliphatic heterocycles. The van der Waals surface area contributed by atoms with Crippen molar-refractivity contribution < 1.29 is 23.1 Å². The molecule has 2 atom stereocenters. The zero-order chi connectivity index (χ0) is 29.3. The lowest BCUT2D eigenvalue weighted by Crippen LogP contribution is -2.56. The molecule has 222 valence electrons. The maximum Gasteiger partial charge on any atom is 0.451 e. The predicted molar refractivity (Wildman–Crippen MR) is 149 cm³/mol. The van der Waals surface area contributed by atoms with Crippen molar-refractivity contribution in [2.45, 2.75) is 56.6 Å². The number of β-amino-alcohol motifs (C(OH)–C–C–N with tert-alkyl or cyclic N) is 1. The number of likely N-dealkylation sites (tertiary alicyclic amines) is 1. The molecule has 2 fully saturated rings. The molecule has 42 heavy (non-hydrogen) atoms. The number of halogens is 3. The lowest BCUT2D eigenvalue weighted by Gasteiger charge is -2.43. The number of benzene rings is 1. The van der Waals surface area contributed by atoms with Crippen LogP contribution in [-0.2, 0) is 19.1 Å². The third-order valence-corrected chi connectivity index (χ3v) is 8.40. The average Bonchev–Trinajstić information content (AvgIpc) is 3.00. The third-order valence-electron chi connectivity index (χ3n) is 8.40. The summed E-state index contributed by atoms with van der Waals surface area (Å²) in [4.78, 5) is 34.6. The molecular weight excluding hydrogens is 549 g/mol. The van der Waals surface area contributed by atoms with E-state index in [4.69, 9.17) is 0 Å². The zero-order valence-corrected chi connectivity index (χ0v) is 23.0. The minimum absolute atomic E-state index is 0.0251. The molecule has 0 spiro atoms. The minimum Gasteiger partial charge on any atom is -0.390 e. The van der Waals surface area contributed by atoms with E-state index in [1.54, 1.807) is 6.20 Å². The molecule has 0 saturated carbocycles. The van der Waals surface area contributed by atoms with Gasteiger partial charge in [0.05, 0.1) is 6.10 Å². The van der Waals surface area contributed by atoms with Gasteiger partial charge in [0.1, 0.15) is 23.7 Å². The van der Waals surface area contributed by atoms with E-state index < -0.39 is 24.0 Å². The van der Waals surface area contributed by atoms with Gasteiger partial charge in [0.25, 0.3) is 5.91 Å². The summed E-state index contributed by atoms with van der Waals surface area (Å²) in [5, 5.41) is 14.1. The number of hydrogen-bond donors (Lipinski definition) is 2. The number of anilines is 2. The van der Waals surface area contributed by atoms with Gasteiger partial charge in [-0.25, -0.2) is 19.9 Å². The maximum atomic E-state index is 13.8. The number of hydrogen-bond acceptors (Lipinski definition) is 9. The van der Waals surface area contributed by atoms with Crippen LogP contribution in [0.15, 0.2) is 48.9 Å². The number of nitrogens with one attached hydrogen (secondary N) is 1. The molecule has 3 aliphatic rings. The summed E-state index contributed by atoms with van der Waals surface area (Å²) >= 11 is 0. The fraction of sp³-hybridized carbons (Fsp3) is 0.483. The van der Waals surface area contributed by atoms with Gasteiger partial charge in [-0.05, 0) is 42.9 Å². The van der Waals surface area contributed by atoms with Crippen LogP contribution in [0.4, 0.5) is 24.8 Å². The number of aromatic nitrogens is 4. The highest BCUT2D eigenvalue weighted by molar-refractivity contribution is 5.93. The first-order chi connectivity index (χ1) is 20.2. The molecule has 0 bridgehead atoms. The number of rotatable bonds is 5. The number of carbonyl (C=O) groups is 1. The summed E-state index contributed by atoms with van der Waals surface area (Å²) in [6.07, 6.45) is 0.208. The van der Waals surface area contributed by atoms with E-state index in [0.29, 0.717) is 38.9 Å². The van der Waals surface area contributed by atoms with Gasteiger partial charge in [-0.2, -0.15) is 13.2 Å². The maximum absolute atomic E-state index is 13.8. The predicted octanol–water partition coefficient (Wildman–Crippen LogP) is 3.00. The number of nitrogens with zero attached hydrogens (tertiary/aromatic N) is 7. The molecule has 10 nitrogen and oxygen atoms in total. The molecule has 13 heteroatoms. The zero-order valence-electron chi connectivity index (χ0n) is 23.0. The van der Waals surface area contributed by atoms with Crippen molar-refractivity contribution in [1.82, 2.24) is 29.7 Å². The summed E-state index contributed by atoms with van der Waals surface area (Å²) in [7, 11) is 0. The summed E-state index contributed by atoms with van der Waals surface area (Å²) < 4.78 is 41.3. The SMILES string of the molecule is O=C(c1cc(NC2CCN(c3ccncn3)CC2)nc(C(F)(F)F)n1)N1CC[C@@H](N2CCc3ccccc3C2)[C@H](O)C1. The first kappa shape index (κ1) is 28.3. The molecule has 1 amide bonds. The van der Waals surface area contributed by atoms with Gasteiger partial charge in [-0.15, -0.1) is 0 Å². The Bertz CT molecular complexity index is 1400. The Kier molecular flexibility index (Phi) is 7.95. The smallest absolute Gasteiger partial charge is 0.390 e. The van der Waals surface area contributed by atoms with Crippen LogP contribution in [0.5, 0.6) is 0 Å². The molecule has 0 aliphatic carbocycles. The number of piperidine rings is 2. The first-order valence-electron chi connectivity index (χ1n) is 14.3. The van der Waals surface area contributed by atoms with E-state index in [9.17, 15) is 23.1 Å². The lowest BCUT2D eigenvalue weighted by molar-refractivity contribution is -0.144. The van der Waals surface area contributed by atoms with Crippen LogP contribution in [-0.4, -0.2) is 91.7 Å². The highest BCUT2D eigenvalue weighted by Gasteiger charge is 2.39. The largest absolute Gasteiger partial charge is 0.451 e. The summed E-state index contributed by atoms with van der Waals surface area (Å²) in [5.74, 6) is -1.25. The van der Waals surface area contributed by atoms with Crippen LogP contribution >= 0.6 is 0 Å². The van der Waals surface area contributed by atoms with Crippen molar-refractivity contribution in [3.05, 3.63) is 71.6 Å². The van der Waals surface area contributed by atoms with Crippen LogP contribution in [0.1, 0.15) is 46.7 Å². The van der Waals surface area contributed by atoms with Crippen molar-refractivity contribution in [3.63, 3.8) is 0 Å². The first-order valence-corrected chi connectivity index (χ1v) is 14.3. The molecule has 2 aromatic heterocycles. The Labute approximate surface area is 241 Å². The molecule has 3 aromatic rings. The van der Waals surface area contributed by atoms with Crippen LogP contribution in [0.2, 0.25) is 0 Å². The summed E-state index contributed by atoms with van der Waals surface area (Å²) in [6, 6.07) is 11.1. The number of fused-ring (bicyclic) bond motifs is 1. The number of aliphatic hydroxyl groups excluding tert-OH is 1. The second-order valence-corrected chi connectivity index (χ2v) is 11.1. The van der Waals surface area contributed by atoms with Crippen LogP contribution in [0, 0.1) is 0 Å². The van der Waals surface area contributed by atoms with Crippen molar-refractivity contribution in [3.8, 4) is 0 Å². The van der Waals surface area contributed by atoms with Crippen molar-refractivity contribution >= 4 is 17.5 Å². The molecular formula is C29H33F3N8O2. The highest BCUT2D eigenvalue weighted by atomic mass is 19.4. The Morgan fingerprint density at radius 2 is 1.79 bits per heavy atom.